The quantitative estimate of drug-likeness (QED) is 0.744. The summed E-state index contributed by atoms with van der Waals surface area (Å²) in [6.45, 7) is 9.53. The lowest BCUT2D eigenvalue weighted by Gasteiger charge is -2.40. The highest BCUT2D eigenvalue weighted by Gasteiger charge is 2.27. The fourth-order valence-corrected chi connectivity index (χ4v) is 3.02. The molecule has 3 heteroatoms. The van der Waals surface area contributed by atoms with Crippen LogP contribution in [0.1, 0.15) is 44.7 Å². The van der Waals surface area contributed by atoms with Crippen LogP contribution in [0.2, 0.25) is 0 Å². The summed E-state index contributed by atoms with van der Waals surface area (Å²) < 4.78 is 5.63. The number of ether oxygens (including phenoxy) is 1. The van der Waals surface area contributed by atoms with Gasteiger partial charge in [0.15, 0.2) is 0 Å². The molecule has 0 radical (unpaired) electrons. The van der Waals surface area contributed by atoms with Crippen LogP contribution in [0.5, 0.6) is 0 Å². The van der Waals surface area contributed by atoms with Crippen LogP contribution in [0.4, 0.5) is 0 Å². The van der Waals surface area contributed by atoms with Crippen LogP contribution < -0.4 is 5.32 Å². The molecule has 2 rings (SSSR count). The van der Waals surface area contributed by atoms with Gasteiger partial charge in [-0.05, 0) is 24.8 Å². The number of piperazine rings is 1. The third-order valence-corrected chi connectivity index (χ3v) is 4.26. The Kier molecular flexibility index (Phi) is 7.20. The Balaban J connectivity index is 1.90. The SMILES string of the molecule is CCCOCCCN1CC(CC)NCC1c1ccccc1. The van der Waals surface area contributed by atoms with E-state index in [0.717, 1.165) is 45.7 Å². The van der Waals surface area contributed by atoms with Crippen LogP contribution in [-0.2, 0) is 4.74 Å². The maximum Gasteiger partial charge on any atom is 0.0478 e. The van der Waals surface area contributed by atoms with Gasteiger partial charge in [-0.3, -0.25) is 4.90 Å². The monoisotopic (exact) mass is 290 g/mol. The summed E-state index contributed by atoms with van der Waals surface area (Å²) in [6.07, 6.45) is 3.43. The standard InChI is InChI=1S/C18H30N2O/c1-3-12-21-13-8-11-20-15-17(4-2)19-14-18(20)16-9-6-5-7-10-16/h5-7,9-10,17-19H,3-4,8,11-15H2,1-2H3. The molecule has 3 nitrogen and oxygen atoms in total. The first kappa shape index (κ1) is 16.5. The predicted octanol–water partition coefficient (Wildman–Crippen LogP) is 3.23. The van der Waals surface area contributed by atoms with Crippen molar-refractivity contribution in [3.8, 4) is 0 Å². The molecule has 1 aliphatic rings. The van der Waals surface area contributed by atoms with E-state index in [1.54, 1.807) is 0 Å². The van der Waals surface area contributed by atoms with Crippen molar-refractivity contribution in [1.29, 1.82) is 0 Å². The van der Waals surface area contributed by atoms with Gasteiger partial charge in [0.25, 0.3) is 0 Å². The van der Waals surface area contributed by atoms with Gasteiger partial charge < -0.3 is 10.1 Å². The zero-order valence-electron chi connectivity index (χ0n) is 13.6. The Labute approximate surface area is 129 Å². The van der Waals surface area contributed by atoms with Gasteiger partial charge in [-0.1, -0.05) is 44.2 Å². The minimum Gasteiger partial charge on any atom is -0.381 e. The minimum absolute atomic E-state index is 0.500. The average molecular weight is 290 g/mol. The normalized spacial score (nSPS) is 23.3. The molecule has 118 valence electrons. The topological polar surface area (TPSA) is 24.5 Å². The highest BCUT2D eigenvalue weighted by atomic mass is 16.5. The molecule has 2 unspecified atom stereocenters. The molecule has 1 aromatic rings. The summed E-state index contributed by atoms with van der Waals surface area (Å²) >= 11 is 0. The molecule has 2 atom stereocenters. The Morgan fingerprint density at radius 2 is 2.00 bits per heavy atom. The van der Waals surface area contributed by atoms with Gasteiger partial charge in [-0.25, -0.2) is 0 Å². The molecule has 0 bridgehead atoms. The molecule has 0 saturated carbocycles. The molecule has 1 N–H and O–H groups in total. The van der Waals surface area contributed by atoms with Crippen molar-refractivity contribution >= 4 is 0 Å². The number of hydrogen-bond donors (Lipinski definition) is 1. The number of hydrogen-bond acceptors (Lipinski definition) is 3. The second-order valence-electron chi connectivity index (χ2n) is 5.90. The number of nitrogens with one attached hydrogen (secondary N) is 1. The molecular formula is C18H30N2O. The molecule has 1 fully saturated rings. The van der Waals surface area contributed by atoms with Gasteiger partial charge in [0.05, 0.1) is 0 Å². The molecule has 1 heterocycles. The van der Waals surface area contributed by atoms with Crippen molar-refractivity contribution in [3.05, 3.63) is 35.9 Å². The molecule has 0 aromatic heterocycles. The molecule has 21 heavy (non-hydrogen) atoms. The van der Waals surface area contributed by atoms with E-state index in [0.29, 0.717) is 12.1 Å². The van der Waals surface area contributed by atoms with Crippen LogP contribution in [0.15, 0.2) is 30.3 Å². The largest absolute Gasteiger partial charge is 0.381 e. The van der Waals surface area contributed by atoms with Crippen molar-refractivity contribution in [2.75, 3.05) is 32.8 Å². The molecule has 1 aliphatic heterocycles. The van der Waals surface area contributed by atoms with Gasteiger partial charge >= 0.3 is 0 Å². The van der Waals surface area contributed by atoms with E-state index in [1.165, 1.54) is 12.0 Å². The van der Waals surface area contributed by atoms with E-state index < -0.39 is 0 Å². The molecule has 1 aromatic carbocycles. The second-order valence-corrected chi connectivity index (χ2v) is 5.90. The Morgan fingerprint density at radius 1 is 1.19 bits per heavy atom. The lowest BCUT2D eigenvalue weighted by Crippen LogP contribution is -2.52. The predicted molar refractivity (Wildman–Crippen MR) is 88.6 cm³/mol. The zero-order valence-corrected chi connectivity index (χ0v) is 13.6. The first-order valence-corrected chi connectivity index (χ1v) is 8.45. The van der Waals surface area contributed by atoms with E-state index in [-0.39, 0.29) is 0 Å². The molecular weight excluding hydrogens is 260 g/mol. The Bertz CT molecular complexity index is 382. The van der Waals surface area contributed by atoms with Gasteiger partial charge in [0, 0.05) is 44.9 Å². The summed E-state index contributed by atoms with van der Waals surface area (Å²) in [5, 5.41) is 3.69. The number of nitrogens with zero attached hydrogens (tertiary/aromatic N) is 1. The van der Waals surface area contributed by atoms with Gasteiger partial charge in [0.2, 0.25) is 0 Å². The van der Waals surface area contributed by atoms with E-state index >= 15 is 0 Å². The minimum atomic E-state index is 0.500. The molecule has 0 amide bonds. The van der Waals surface area contributed by atoms with Crippen LogP contribution in [-0.4, -0.2) is 43.8 Å². The highest BCUT2D eigenvalue weighted by Crippen LogP contribution is 2.24. The van der Waals surface area contributed by atoms with E-state index in [2.05, 4.69) is 54.4 Å². The fraction of sp³-hybridized carbons (Fsp3) is 0.667. The Hall–Kier alpha value is -0.900. The van der Waals surface area contributed by atoms with Crippen molar-refractivity contribution in [2.45, 2.75) is 45.2 Å². The smallest absolute Gasteiger partial charge is 0.0478 e. The van der Waals surface area contributed by atoms with Gasteiger partial charge in [-0.15, -0.1) is 0 Å². The Morgan fingerprint density at radius 3 is 2.71 bits per heavy atom. The van der Waals surface area contributed by atoms with Crippen molar-refractivity contribution in [3.63, 3.8) is 0 Å². The van der Waals surface area contributed by atoms with Crippen LogP contribution in [0.3, 0.4) is 0 Å². The van der Waals surface area contributed by atoms with Gasteiger partial charge in [-0.2, -0.15) is 0 Å². The van der Waals surface area contributed by atoms with Gasteiger partial charge in [0.1, 0.15) is 0 Å². The van der Waals surface area contributed by atoms with Crippen molar-refractivity contribution in [2.24, 2.45) is 0 Å². The summed E-state index contributed by atoms with van der Waals surface area (Å²) in [6, 6.07) is 12.0. The molecule has 0 spiro atoms. The third-order valence-electron chi connectivity index (χ3n) is 4.26. The average Bonchev–Trinajstić information content (AvgIpc) is 2.55. The highest BCUT2D eigenvalue weighted by molar-refractivity contribution is 5.20. The maximum absolute atomic E-state index is 5.63. The maximum atomic E-state index is 5.63. The summed E-state index contributed by atoms with van der Waals surface area (Å²) in [5.74, 6) is 0. The second kappa shape index (κ2) is 9.19. The van der Waals surface area contributed by atoms with Crippen LogP contribution in [0.25, 0.3) is 0 Å². The van der Waals surface area contributed by atoms with E-state index in [4.69, 9.17) is 4.74 Å². The van der Waals surface area contributed by atoms with Crippen molar-refractivity contribution < 1.29 is 4.74 Å². The van der Waals surface area contributed by atoms with Crippen molar-refractivity contribution in [1.82, 2.24) is 10.2 Å². The number of rotatable bonds is 8. The molecule has 0 aliphatic carbocycles. The first-order chi connectivity index (χ1) is 10.3. The summed E-state index contributed by atoms with van der Waals surface area (Å²) in [4.78, 5) is 2.63. The lowest BCUT2D eigenvalue weighted by molar-refractivity contribution is 0.0916. The summed E-state index contributed by atoms with van der Waals surface area (Å²) in [5.41, 5.74) is 1.43. The first-order valence-electron chi connectivity index (χ1n) is 8.45. The zero-order chi connectivity index (χ0) is 14.9. The van der Waals surface area contributed by atoms with Crippen LogP contribution >= 0.6 is 0 Å². The van der Waals surface area contributed by atoms with E-state index in [9.17, 15) is 0 Å². The fourth-order valence-electron chi connectivity index (χ4n) is 3.02. The summed E-state index contributed by atoms with van der Waals surface area (Å²) in [7, 11) is 0. The van der Waals surface area contributed by atoms with Crippen LogP contribution in [0, 0.1) is 0 Å². The third kappa shape index (κ3) is 5.10. The lowest BCUT2D eigenvalue weighted by atomic mass is 10.00. The number of benzene rings is 1. The molecule has 1 saturated heterocycles. The van der Waals surface area contributed by atoms with E-state index in [1.807, 2.05) is 0 Å².